The first-order valence-electron chi connectivity index (χ1n) is 7.44. The Hall–Kier alpha value is -3.22. The molecule has 2 aromatic carbocycles. The van der Waals surface area contributed by atoms with Gasteiger partial charge < -0.3 is 19.2 Å². The van der Waals surface area contributed by atoms with E-state index in [-0.39, 0.29) is 12.7 Å². The van der Waals surface area contributed by atoms with Crippen molar-refractivity contribution in [3.8, 4) is 11.5 Å². The summed E-state index contributed by atoms with van der Waals surface area (Å²) in [5.74, 6) is 0.316. The lowest BCUT2D eigenvalue weighted by molar-refractivity contribution is -0.118. The van der Waals surface area contributed by atoms with Crippen molar-refractivity contribution in [1.29, 1.82) is 0 Å². The SMILES string of the molecule is CC(C(=O)Nc1ccc2c(c1)OCO2)n1c(=O)oc2ccccc21. The summed E-state index contributed by atoms with van der Waals surface area (Å²) >= 11 is 0. The highest BCUT2D eigenvalue weighted by atomic mass is 16.7. The van der Waals surface area contributed by atoms with Crippen LogP contribution >= 0.6 is 0 Å². The Morgan fingerprint density at radius 2 is 1.96 bits per heavy atom. The van der Waals surface area contributed by atoms with Crippen LogP contribution in [0.4, 0.5) is 5.69 Å². The van der Waals surface area contributed by atoms with Crippen molar-refractivity contribution >= 4 is 22.7 Å². The van der Waals surface area contributed by atoms with Gasteiger partial charge in [0.15, 0.2) is 17.1 Å². The van der Waals surface area contributed by atoms with Crippen molar-refractivity contribution in [3.63, 3.8) is 0 Å². The largest absolute Gasteiger partial charge is 0.454 e. The van der Waals surface area contributed by atoms with E-state index in [1.807, 2.05) is 0 Å². The van der Waals surface area contributed by atoms with E-state index in [1.54, 1.807) is 49.4 Å². The Bertz CT molecular complexity index is 988. The monoisotopic (exact) mass is 326 g/mol. The van der Waals surface area contributed by atoms with Crippen molar-refractivity contribution in [1.82, 2.24) is 4.57 Å². The van der Waals surface area contributed by atoms with Crippen molar-refractivity contribution in [2.24, 2.45) is 0 Å². The van der Waals surface area contributed by atoms with Gasteiger partial charge in [-0.3, -0.25) is 9.36 Å². The van der Waals surface area contributed by atoms with Gasteiger partial charge in [0, 0.05) is 11.8 Å². The van der Waals surface area contributed by atoms with Crippen LogP contribution in [0.1, 0.15) is 13.0 Å². The van der Waals surface area contributed by atoms with E-state index in [0.29, 0.717) is 28.3 Å². The molecule has 1 aliphatic heterocycles. The highest BCUT2D eigenvalue weighted by Crippen LogP contribution is 2.34. The molecule has 1 unspecified atom stereocenters. The van der Waals surface area contributed by atoms with E-state index >= 15 is 0 Å². The molecule has 0 fully saturated rings. The number of oxazole rings is 1. The number of benzene rings is 2. The van der Waals surface area contributed by atoms with Gasteiger partial charge >= 0.3 is 5.76 Å². The quantitative estimate of drug-likeness (QED) is 0.800. The Labute approximate surface area is 136 Å². The van der Waals surface area contributed by atoms with Gasteiger partial charge in [-0.1, -0.05) is 12.1 Å². The van der Waals surface area contributed by atoms with Gasteiger partial charge in [-0.25, -0.2) is 4.79 Å². The average molecular weight is 326 g/mol. The van der Waals surface area contributed by atoms with Crippen LogP contribution in [-0.2, 0) is 4.79 Å². The number of hydrogen-bond acceptors (Lipinski definition) is 5. The smallest absolute Gasteiger partial charge is 0.420 e. The molecule has 2 heterocycles. The molecule has 24 heavy (non-hydrogen) atoms. The first-order valence-corrected chi connectivity index (χ1v) is 7.44. The number of rotatable bonds is 3. The van der Waals surface area contributed by atoms with Crippen molar-refractivity contribution in [3.05, 3.63) is 53.0 Å². The summed E-state index contributed by atoms with van der Waals surface area (Å²) < 4.78 is 17.0. The molecular formula is C17H14N2O5. The molecule has 3 aromatic rings. The van der Waals surface area contributed by atoms with Crippen LogP contribution in [0, 0.1) is 0 Å². The number of nitrogens with zero attached hydrogens (tertiary/aromatic N) is 1. The van der Waals surface area contributed by atoms with Gasteiger partial charge in [0.25, 0.3) is 0 Å². The Kier molecular flexibility index (Phi) is 3.26. The predicted octanol–water partition coefficient (Wildman–Crippen LogP) is 2.52. The van der Waals surface area contributed by atoms with Gasteiger partial charge in [0.1, 0.15) is 6.04 Å². The van der Waals surface area contributed by atoms with Crippen molar-refractivity contribution in [2.45, 2.75) is 13.0 Å². The first-order chi connectivity index (χ1) is 11.6. The molecule has 1 N–H and O–H groups in total. The fourth-order valence-electron chi connectivity index (χ4n) is 2.69. The minimum absolute atomic E-state index is 0.166. The molecule has 0 aliphatic carbocycles. The molecule has 0 saturated heterocycles. The van der Waals surface area contributed by atoms with Crippen molar-refractivity contribution in [2.75, 3.05) is 12.1 Å². The highest BCUT2D eigenvalue weighted by Gasteiger charge is 2.22. The first kappa shape index (κ1) is 14.4. The lowest BCUT2D eigenvalue weighted by atomic mass is 10.2. The second-order valence-electron chi connectivity index (χ2n) is 5.44. The molecule has 1 aliphatic rings. The Morgan fingerprint density at radius 3 is 2.83 bits per heavy atom. The maximum atomic E-state index is 12.5. The summed E-state index contributed by atoms with van der Waals surface area (Å²) in [4.78, 5) is 24.6. The highest BCUT2D eigenvalue weighted by molar-refractivity contribution is 5.94. The third kappa shape index (κ3) is 2.30. The van der Waals surface area contributed by atoms with E-state index in [1.165, 1.54) is 4.57 Å². The fraction of sp³-hybridized carbons (Fsp3) is 0.176. The van der Waals surface area contributed by atoms with Gasteiger partial charge in [-0.15, -0.1) is 0 Å². The topological polar surface area (TPSA) is 82.7 Å². The van der Waals surface area contributed by atoms with Crippen LogP contribution in [0.25, 0.3) is 11.1 Å². The predicted molar refractivity (Wildman–Crippen MR) is 86.4 cm³/mol. The molecule has 1 amide bonds. The van der Waals surface area contributed by atoms with E-state index in [0.717, 1.165) is 0 Å². The van der Waals surface area contributed by atoms with Crippen LogP contribution in [0.2, 0.25) is 0 Å². The summed E-state index contributed by atoms with van der Waals surface area (Å²) in [6, 6.07) is 11.4. The maximum absolute atomic E-state index is 12.5. The number of anilines is 1. The van der Waals surface area contributed by atoms with Gasteiger partial charge in [0.2, 0.25) is 12.7 Å². The summed E-state index contributed by atoms with van der Waals surface area (Å²) in [7, 11) is 0. The van der Waals surface area contributed by atoms with Crippen LogP contribution in [0.3, 0.4) is 0 Å². The number of amides is 1. The van der Waals surface area contributed by atoms with Crippen LogP contribution in [0.15, 0.2) is 51.7 Å². The lowest BCUT2D eigenvalue weighted by Gasteiger charge is -2.13. The molecule has 7 nitrogen and oxygen atoms in total. The summed E-state index contributed by atoms with van der Waals surface area (Å²) in [5.41, 5.74) is 1.60. The third-order valence-electron chi connectivity index (χ3n) is 3.93. The molecule has 7 heteroatoms. The summed E-state index contributed by atoms with van der Waals surface area (Å²) in [5, 5.41) is 2.78. The van der Waals surface area contributed by atoms with Crippen LogP contribution in [0.5, 0.6) is 11.5 Å². The Balaban J connectivity index is 1.62. The van der Waals surface area contributed by atoms with Gasteiger partial charge in [0.05, 0.1) is 5.52 Å². The van der Waals surface area contributed by atoms with Gasteiger partial charge in [-0.2, -0.15) is 0 Å². The average Bonchev–Trinajstić information content (AvgIpc) is 3.16. The zero-order valence-electron chi connectivity index (χ0n) is 12.8. The number of carbonyl (C=O) groups is 1. The minimum atomic E-state index is -0.730. The molecule has 0 radical (unpaired) electrons. The molecule has 0 spiro atoms. The zero-order valence-corrected chi connectivity index (χ0v) is 12.8. The molecule has 0 saturated carbocycles. The van der Waals surface area contributed by atoms with Crippen LogP contribution < -0.4 is 20.5 Å². The molecule has 0 bridgehead atoms. The second kappa shape index (κ2) is 5.45. The fourth-order valence-corrected chi connectivity index (χ4v) is 2.69. The molecule has 1 atom stereocenters. The van der Waals surface area contributed by atoms with E-state index < -0.39 is 11.8 Å². The zero-order chi connectivity index (χ0) is 16.7. The number of ether oxygens (including phenoxy) is 2. The summed E-state index contributed by atoms with van der Waals surface area (Å²) in [6.45, 7) is 1.81. The van der Waals surface area contributed by atoms with Crippen LogP contribution in [-0.4, -0.2) is 17.3 Å². The van der Waals surface area contributed by atoms with E-state index in [2.05, 4.69) is 5.32 Å². The van der Waals surface area contributed by atoms with Crippen molar-refractivity contribution < 1.29 is 18.7 Å². The number of carbonyl (C=O) groups excluding carboxylic acids is 1. The molecule has 1 aromatic heterocycles. The molecule has 122 valence electrons. The lowest BCUT2D eigenvalue weighted by Crippen LogP contribution is -2.29. The normalized spacial score (nSPS) is 13.9. The third-order valence-corrected chi connectivity index (χ3v) is 3.93. The summed E-state index contributed by atoms with van der Waals surface area (Å²) in [6.07, 6.45) is 0. The van der Waals surface area contributed by atoms with Gasteiger partial charge in [-0.05, 0) is 31.2 Å². The maximum Gasteiger partial charge on any atom is 0.420 e. The Morgan fingerprint density at radius 1 is 1.17 bits per heavy atom. The van der Waals surface area contributed by atoms with E-state index in [4.69, 9.17) is 13.9 Å². The number of para-hydroxylation sites is 2. The number of aromatic nitrogens is 1. The second-order valence-corrected chi connectivity index (χ2v) is 5.44. The standard InChI is InChI=1S/C17H14N2O5/c1-10(19-12-4-2-3-5-13(12)24-17(19)21)16(20)18-11-6-7-14-15(8-11)23-9-22-14/h2-8,10H,9H2,1H3,(H,18,20). The molecule has 4 rings (SSSR count). The number of hydrogen-bond donors (Lipinski definition) is 1. The minimum Gasteiger partial charge on any atom is -0.454 e. The number of fused-ring (bicyclic) bond motifs is 2. The number of nitrogens with one attached hydrogen (secondary N) is 1. The molecular weight excluding hydrogens is 312 g/mol. The van der Waals surface area contributed by atoms with E-state index in [9.17, 15) is 9.59 Å².